The summed E-state index contributed by atoms with van der Waals surface area (Å²) in [6, 6.07) is 6.83. The number of urea groups is 1. The predicted octanol–water partition coefficient (Wildman–Crippen LogP) is 4.05. The smallest absolute Gasteiger partial charge is 0.319 e. The van der Waals surface area contributed by atoms with Gasteiger partial charge in [0.25, 0.3) is 0 Å². The van der Waals surface area contributed by atoms with Crippen molar-refractivity contribution in [1.29, 1.82) is 0 Å². The monoisotopic (exact) mass is 436 g/mol. The molecule has 174 valence electrons. The van der Waals surface area contributed by atoms with Gasteiger partial charge in [-0.15, -0.1) is 0 Å². The summed E-state index contributed by atoms with van der Waals surface area (Å²) in [7, 11) is 1.60. The van der Waals surface area contributed by atoms with Crippen molar-refractivity contribution in [3.05, 3.63) is 24.3 Å². The van der Waals surface area contributed by atoms with Crippen molar-refractivity contribution in [3.63, 3.8) is 0 Å². The number of fused-ring (bicyclic) bond motifs is 1. The number of carbonyl (C=O) groups excluding carboxylic acids is 1. The fourth-order valence-corrected chi connectivity index (χ4v) is 3.88. The maximum Gasteiger partial charge on any atom is 0.319 e. The van der Waals surface area contributed by atoms with Gasteiger partial charge in [0.15, 0.2) is 12.1 Å². The minimum Gasteiger partial charge on any atom is -0.497 e. The zero-order valence-corrected chi connectivity index (χ0v) is 19.0. The van der Waals surface area contributed by atoms with Crippen LogP contribution >= 0.6 is 0 Å². The molecule has 0 aliphatic carbocycles. The Morgan fingerprint density at radius 1 is 1.10 bits per heavy atom. The average Bonchev–Trinajstić information content (AvgIpc) is 3.21. The summed E-state index contributed by atoms with van der Waals surface area (Å²) in [5.41, 5.74) is 0.677. The van der Waals surface area contributed by atoms with Crippen molar-refractivity contribution in [2.75, 3.05) is 25.6 Å². The van der Waals surface area contributed by atoms with E-state index in [1.54, 1.807) is 31.4 Å². The van der Waals surface area contributed by atoms with Gasteiger partial charge in [-0.3, -0.25) is 0 Å². The molecule has 2 amide bonds. The van der Waals surface area contributed by atoms with Gasteiger partial charge < -0.3 is 34.3 Å². The lowest BCUT2D eigenvalue weighted by Gasteiger charge is -2.26. The molecule has 2 heterocycles. The van der Waals surface area contributed by atoms with E-state index in [1.165, 1.54) is 19.3 Å². The van der Waals surface area contributed by atoms with E-state index >= 15 is 0 Å². The molecule has 2 fully saturated rings. The largest absolute Gasteiger partial charge is 0.497 e. The fraction of sp³-hybridized carbons (Fsp3) is 0.696. The minimum absolute atomic E-state index is 0.292. The first-order chi connectivity index (χ1) is 14.9. The van der Waals surface area contributed by atoms with E-state index in [1.807, 2.05) is 13.8 Å². The summed E-state index contributed by atoms with van der Waals surface area (Å²) >= 11 is 0. The van der Waals surface area contributed by atoms with Crippen LogP contribution in [-0.2, 0) is 18.9 Å². The molecule has 31 heavy (non-hydrogen) atoms. The number of carbonyl (C=O) groups is 1. The lowest BCUT2D eigenvalue weighted by molar-refractivity contribution is -0.217. The van der Waals surface area contributed by atoms with Gasteiger partial charge in [-0.2, -0.15) is 0 Å². The number of benzene rings is 1. The van der Waals surface area contributed by atoms with Crippen molar-refractivity contribution in [2.24, 2.45) is 0 Å². The Bertz CT molecular complexity index is 696. The molecule has 2 N–H and O–H groups in total. The third kappa shape index (κ3) is 6.80. The van der Waals surface area contributed by atoms with Crippen molar-refractivity contribution in [1.82, 2.24) is 5.32 Å². The molecule has 2 aliphatic heterocycles. The van der Waals surface area contributed by atoms with E-state index in [9.17, 15) is 4.79 Å². The van der Waals surface area contributed by atoms with E-state index in [-0.39, 0.29) is 24.3 Å². The second kappa shape index (κ2) is 11.1. The first-order valence-corrected chi connectivity index (χ1v) is 11.2. The summed E-state index contributed by atoms with van der Waals surface area (Å²) in [6.07, 6.45) is 4.39. The third-order valence-corrected chi connectivity index (χ3v) is 5.46. The molecule has 0 spiro atoms. The van der Waals surface area contributed by atoms with Crippen LogP contribution in [0.25, 0.3) is 0 Å². The summed E-state index contributed by atoms with van der Waals surface area (Å²) in [5.74, 6) is 0.0248. The van der Waals surface area contributed by atoms with Crippen LogP contribution in [0.3, 0.4) is 0 Å². The van der Waals surface area contributed by atoms with Crippen molar-refractivity contribution in [2.45, 2.75) is 83.3 Å². The van der Waals surface area contributed by atoms with Crippen LogP contribution in [0.2, 0.25) is 0 Å². The van der Waals surface area contributed by atoms with Crippen molar-refractivity contribution >= 4 is 11.7 Å². The molecule has 2 aliphatic rings. The first-order valence-electron chi connectivity index (χ1n) is 11.2. The third-order valence-electron chi connectivity index (χ3n) is 5.46. The highest BCUT2D eigenvalue weighted by Gasteiger charge is 2.55. The van der Waals surface area contributed by atoms with E-state index in [0.717, 1.165) is 18.6 Å². The number of rotatable bonds is 11. The van der Waals surface area contributed by atoms with Crippen LogP contribution in [-0.4, -0.2) is 56.7 Å². The second-order valence-electron chi connectivity index (χ2n) is 8.46. The van der Waals surface area contributed by atoms with Crippen LogP contribution in [0, 0.1) is 0 Å². The summed E-state index contributed by atoms with van der Waals surface area (Å²) in [5, 5.41) is 5.67. The molecule has 3 rings (SSSR count). The van der Waals surface area contributed by atoms with Gasteiger partial charge in [-0.05, 0) is 44.5 Å². The molecule has 2 saturated heterocycles. The average molecular weight is 437 g/mol. The molecular formula is C23H36N2O6. The number of amides is 2. The van der Waals surface area contributed by atoms with Gasteiger partial charge in [-0.1, -0.05) is 32.6 Å². The van der Waals surface area contributed by atoms with Crippen LogP contribution in [0.5, 0.6) is 5.75 Å². The van der Waals surface area contributed by atoms with Gasteiger partial charge in [0, 0.05) is 18.8 Å². The molecule has 0 saturated carbocycles. The molecule has 1 aromatic carbocycles. The number of unbranched alkanes of at least 4 members (excludes halogenated alkanes) is 4. The van der Waals surface area contributed by atoms with Gasteiger partial charge in [-0.25, -0.2) is 4.79 Å². The number of ether oxygens (including phenoxy) is 5. The zero-order chi connectivity index (χ0) is 22.3. The molecule has 4 atom stereocenters. The van der Waals surface area contributed by atoms with E-state index in [4.69, 9.17) is 23.7 Å². The lowest BCUT2D eigenvalue weighted by atomic mass is 10.1. The van der Waals surface area contributed by atoms with E-state index < -0.39 is 12.1 Å². The van der Waals surface area contributed by atoms with Gasteiger partial charge >= 0.3 is 6.03 Å². The highest BCUT2D eigenvalue weighted by atomic mass is 16.8. The SMILES string of the molecule is CCCCCCCO[C@@H]1[C@H]2OC(C)(C)O[C@H]2O[C@H]1CNC(=O)Nc1ccc(OC)cc1. The van der Waals surface area contributed by atoms with Gasteiger partial charge in [0.05, 0.1) is 7.11 Å². The van der Waals surface area contributed by atoms with E-state index in [0.29, 0.717) is 18.8 Å². The Morgan fingerprint density at radius 3 is 2.55 bits per heavy atom. The number of anilines is 1. The maximum absolute atomic E-state index is 12.3. The Hall–Kier alpha value is -1.87. The highest BCUT2D eigenvalue weighted by molar-refractivity contribution is 5.89. The Balaban J connectivity index is 1.49. The van der Waals surface area contributed by atoms with Crippen molar-refractivity contribution in [3.8, 4) is 5.75 Å². The molecule has 8 nitrogen and oxygen atoms in total. The number of methoxy groups -OCH3 is 1. The number of hydrogen-bond donors (Lipinski definition) is 2. The standard InChI is InChI=1S/C23H36N2O6/c1-5-6-7-8-9-14-28-19-18(29-21-20(19)30-23(2,3)31-21)15-24-22(26)25-16-10-12-17(27-4)13-11-16/h10-13,18-21H,5-9,14-15H2,1-4H3,(H2,24,25,26)/t18-,19-,20+,21+/m0/s1. The van der Waals surface area contributed by atoms with Crippen LogP contribution in [0.15, 0.2) is 24.3 Å². The maximum atomic E-state index is 12.3. The highest BCUT2D eigenvalue weighted by Crippen LogP contribution is 2.38. The number of hydrogen-bond acceptors (Lipinski definition) is 6. The molecular weight excluding hydrogens is 400 g/mol. The predicted molar refractivity (Wildman–Crippen MR) is 117 cm³/mol. The fourth-order valence-electron chi connectivity index (χ4n) is 3.88. The Kier molecular flexibility index (Phi) is 8.54. The first kappa shape index (κ1) is 23.8. The molecule has 0 bridgehead atoms. The summed E-state index contributed by atoms with van der Waals surface area (Å²) in [4.78, 5) is 12.3. The van der Waals surface area contributed by atoms with Crippen molar-refractivity contribution < 1.29 is 28.5 Å². The number of nitrogens with one attached hydrogen (secondary N) is 2. The molecule has 0 aromatic heterocycles. The second-order valence-corrected chi connectivity index (χ2v) is 8.46. The van der Waals surface area contributed by atoms with Crippen LogP contribution in [0.1, 0.15) is 52.9 Å². The normalized spacial score (nSPS) is 26.5. The molecule has 0 unspecified atom stereocenters. The van der Waals surface area contributed by atoms with Crippen LogP contribution in [0.4, 0.5) is 10.5 Å². The Morgan fingerprint density at radius 2 is 1.84 bits per heavy atom. The van der Waals surface area contributed by atoms with Crippen LogP contribution < -0.4 is 15.4 Å². The Labute approximate surface area is 184 Å². The molecule has 0 radical (unpaired) electrons. The lowest BCUT2D eigenvalue weighted by Crippen LogP contribution is -2.44. The topological polar surface area (TPSA) is 87.3 Å². The quantitative estimate of drug-likeness (QED) is 0.509. The van der Waals surface area contributed by atoms with Gasteiger partial charge in [0.2, 0.25) is 0 Å². The summed E-state index contributed by atoms with van der Waals surface area (Å²) < 4.78 is 29.2. The zero-order valence-electron chi connectivity index (χ0n) is 19.0. The van der Waals surface area contributed by atoms with Gasteiger partial charge in [0.1, 0.15) is 24.1 Å². The molecule has 1 aromatic rings. The molecule has 8 heteroatoms. The minimum atomic E-state index is -0.706. The van der Waals surface area contributed by atoms with E-state index in [2.05, 4.69) is 17.6 Å². The summed E-state index contributed by atoms with van der Waals surface area (Å²) in [6.45, 7) is 6.87.